The molecular weight excluding hydrogens is 138 g/mol. The van der Waals surface area contributed by atoms with E-state index in [-0.39, 0.29) is 5.66 Å². The largest absolute Gasteiger partial charge is 0.328 e. The van der Waals surface area contributed by atoms with Gasteiger partial charge in [0, 0.05) is 12.1 Å². The zero-order valence-electron chi connectivity index (χ0n) is 7.09. The first-order chi connectivity index (χ1) is 5.12. The number of nitrogens with zero attached hydrogens (tertiary/aromatic N) is 1. The summed E-state index contributed by atoms with van der Waals surface area (Å²) in [7, 11) is 2.13. The Morgan fingerprint density at radius 3 is 2.91 bits per heavy atom. The quantitative estimate of drug-likeness (QED) is 0.512. The van der Waals surface area contributed by atoms with Gasteiger partial charge < -0.3 is 11.5 Å². The molecule has 2 fully saturated rings. The minimum absolute atomic E-state index is 0.0671. The first-order valence-corrected chi connectivity index (χ1v) is 4.39. The first kappa shape index (κ1) is 7.53. The summed E-state index contributed by atoms with van der Waals surface area (Å²) in [5.74, 6) is 0. The second kappa shape index (κ2) is 2.19. The molecule has 2 aliphatic heterocycles. The van der Waals surface area contributed by atoms with E-state index in [0.717, 1.165) is 19.3 Å². The second-order valence-corrected chi connectivity index (χ2v) is 4.11. The SMILES string of the molecule is CN1[C@H]2CC[C@]1(N)CC(N)C2. The zero-order chi connectivity index (χ0) is 8.06. The van der Waals surface area contributed by atoms with Crippen molar-refractivity contribution in [3.8, 4) is 0 Å². The summed E-state index contributed by atoms with van der Waals surface area (Å²) in [5.41, 5.74) is 12.0. The van der Waals surface area contributed by atoms with E-state index in [1.807, 2.05) is 0 Å². The summed E-state index contributed by atoms with van der Waals surface area (Å²) in [4.78, 5) is 2.32. The van der Waals surface area contributed by atoms with Gasteiger partial charge in [-0.1, -0.05) is 0 Å². The van der Waals surface area contributed by atoms with Gasteiger partial charge in [-0.05, 0) is 32.7 Å². The predicted octanol–water partition coefficient (Wildman–Crippen LogP) is -0.143. The van der Waals surface area contributed by atoms with Gasteiger partial charge in [0.05, 0.1) is 5.66 Å². The maximum atomic E-state index is 6.18. The van der Waals surface area contributed by atoms with Crippen LogP contribution in [0, 0.1) is 0 Å². The third-order valence-corrected chi connectivity index (χ3v) is 3.35. The Labute approximate surface area is 67.7 Å². The van der Waals surface area contributed by atoms with E-state index in [1.54, 1.807) is 0 Å². The lowest BCUT2D eigenvalue weighted by Crippen LogP contribution is -2.59. The fourth-order valence-electron chi connectivity index (χ4n) is 2.56. The number of nitrogens with two attached hydrogens (primary N) is 2. The molecular formula is C8H17N3. The monoisotopic (exact) mass is 155 g/mol. The molecule has 0 aromatic rings. The molecule has 0 spiro atoms. The van der Waals surface area contributed by atoms with Crippen molar-refractivity contribution in [3.05, 3.63) is 0 Å². The molecule has 0 aliphatic carbocycles. The minimum Gasteiger partial charge on any atom is -0.328 e. The van der Waals surface area contributed by atoms with Crippen molar-refractivity contribution in [1.29, 1.82) is 0 Å². The average molecular weight is 155 g/mol. The van der Waals surface area contributed by atoms with Crippen molar-refractivity contribution >= 4 is 0 Å². The second-order valence-electron chi connectivity index (χ2n) is 4.11. The van der Waals surface area contributed by atoms with E-state index in [9.17, 15) is 0 Å². The molecule has 0 saturated carbocycles. The van der Waals surface area contributed by atoms with Crippen LogP contribution < -0.4 is 11.5 Å². The van der Waals surface area contributed by atoms with Crippen LogP contribution >= 0.6 is 0 Å². The molecule has 2 bridgehead atoms. The number of hydrogen-bond acceptors (Lipinski definition) is 3. The van der Waals surface area contributed by atoms with Crippen molar-refractivity contribution in [3.63, 3.8) is 0 Å². The molecule has 2 saturated heterocycles. The summed E-state index contributed by atoms with van der Waals surface area (Å²) in [6.45, 7) is 0. The summed E-state index contributed by atoms with van der Waals surface area (Å²) < 4.78 is 0. The molecule has 3 atom stereocenters. The highest BCUT2D eigenvalue weighted by Gasteiger charge is 2.46. The molecule has 11 heavy (non-hydrogen) atoms. The summed E-state index contributed by atoms with van der Waals surface area (Å²) in [5, 5.41) is 0. The molecule has 1 unspecified atom stereocenters. The van der Waals surface area contributed by atoms with E-state index in [4.69, 9.17) is 11.5 Å². The van der Waals surface area contributed by atoms with Crippen LogP contribution in [0.25, 0.3) is 0 Å². The number of fused-ring (bicyclic) bond motifs is 2. The summed E-state index contributed by atoms with van der Waals surface area (Å²) in [6, 6.07) is 0.993. The Morgan fingerprint density at radius 1 is 1.55 bits per heavy atom. The van der Waals surface area contributed by atoms with E-state index < -0.39 is 0 Å². The fourth-order valence-corrected chi connectivity index (χ4v) is 2.56. The lowest BCUT2D eigenvalue weighted by Gasteiger charge is -2.42. The first-order valence-electron chi connectivity index (χ1n) is 4.39. The van der Waals surface area contributed by atoms with Gasteiger partial charge >= 0.3 is 0 Å². The predicted molar refractivity (Wildman–Crippen MR) is 44.9 cm³/mol. The van der Waals surface area contributed by atoms with Gasteiger partial charge in [-0.3, -0.25) is 4.90 Å². The van der Waals surface area contributed by atoms with Gasteiger partial charge in [0.25, 0.3) is 0 Å². The van der Waals surface area contributed by atoms with E-state index >= 15 is 0 Å². The van der Waals surface area contributed by atoms with Crippen LogP contribution in [0.3, 0.4) is 0 Å². The highest BCUT2D eigenvalue weighted by Crippen LogP contribution is 2.38. The van der Waals surface area contributed by atoms with Crippen molar-refractivity contribution < 1.29 is 0 Å². The van der Waals surface area contributed by atoms with Gasteiger partial charge in [-0.25, -0.2) is 0 Å². The van der Waals surface area contributed by atoms with E-state index in [1.165, 1.54) is 6.42 Å². The van der Waals surface area contributed by atoms with Crippen molar-refractivity contribution in [1.82, 2.24) is 4.90 Å². The van der Waals surface area contributed by atoms with Gasteiger partial charge in [0.2, 0.25) is 0 Å². The Hall–Kier alpha value is -0.120. The van der Waals surface area contributed by atoms with Crippen LogP contribution in [0.1, 0.15) is 25.7 Å². The fraction of sp³-hybridized carbons (Fsp3) is 1.00. The normalized spacial score (nSPS) is 51.5. The van der Waals surface area contributed by atoms with E-state index in [0.29, 0.717) is 12.1 Å². The van der Waals surface area contributed by atoms with Gasteiger partial charge in [-0.15, -0.1) is 0 Å². The zero-order valence-corrected chi connectivity index (χ0v) is 7.09. The van der Waals surface area contributed by atoms with Crippen LogP contribution in [0.5, 0.6) is 0 Å². The Balaban J connectivity index is 2.20. The lowest BCUT2D eigenvalue weighted by molar-refractivity contribution is 0.0762. The molecule has 3 nitrogen and oxygen atoms in total. The molecule has 0 amide bonds. The van der Waals surface area contributed by atoms with Crippen LogP contribution in [0.4, 0.5) is 0 Å². The lowest BCUT2D eigenvalue weighted by atomic mass is 9.94. The highest BCUT2D eigenvalue weighted by atomic mass is 15.3. The molecule has 0 aromatic carbocycles. The Morgan fingerprint density at radius 2 is 2.27 bits per heavy atom. The number of hydrogen-bond donors (Lipinski definition) is 2. The highest BCUT2D eigenvalue weighted by molar-refractivity contribution is 5.02. The van der Waals surface area contributed by atoms with Gasteiger partial charge in [0.15, 0.2) is 0 Å². The maximum Gasteiger partial charge on any atom is 0.0702 e. The molecule has 2 aliphatic rings. The molecule has 0 radical (unpaired) electrons. The number of piperidine rings is 1. The maximum absolute atomic E-state index is 6.18. The molecule has 64 valence electrons. The average Bonchev–Trinajstić information content (AvgIpc) is 2.17. The smallest absolute Gasteiger partial charge is 0.0702 e. The van der Waals surface area contributed by atoms with Crippen molar-refractivity contribution in [2.75, 3.05) is 7.05 Å². The van der Waals surface area contributed by atoms with Crippen molar-refractivity contribution in [2.45, 2.75) is 43.4 Å². The third-order valence-electron chi connectivity index (χ3n) is 3.35. The summed E-state index contributed by atoms with van der Waals surface area (Å²) >= 11 is 0. The van der Waals surface area contributed by atoms with Crippen LogP contribution in [-0.4, -0.2) is 29.7 Å². The van der Waals surface area contributed by atoms with Crippen LogP contribution in [-0.2, 0) is 0 Å². The third kappa shape index (κ3) is 0.991. The Bertz CT molecular complexity index is 171. The number of rotatable bonds is 0. The van der Waals surface area contributed by atoms with Gasteiger partial charge in [0.1, 0.15) is 0 Å². The van der Waals surface area contributed by atoms with Crippen LogP contribution in [0.15, 0.2) is 0 Å². The standard InChI is InChI=1S/C8H17N3/c1-11-7-2-3-8(11,10)5-6(9)4-7/h6-7H,2-5,9-10H2,1H3/t6?,7-,8+/m0/s1. The van der Waals surface area contributed by atoms with Crippen molar-refractivity contribution in [2.24, 2.45) is 11.5 Å². The minimum atomic E-state index is -0.0671. The summed E-state index contributed by atoms with van der Waals surface area (Å²) in [6.07, 6.45) is 4.47. The molecule has 2 rings (SSSR count). The molecule has 2 heterocycles. The molecule has 0 aromatic heterocycles. The van der Waals surface area contributed by atoms with Crippen LogP contribution in [0.2, 0.25) is 0 Å². The molecule has 4 N–H and O–H groups in total. The molecule has 3 heteroatoms. The van der Waals surface area contributed by atoms with E-state index in [2.05, 4.69) is 11.9 Å². The Kier molecular flexibility index (Phi) is 1.50. The van der Waals surface area contributed by atoms with Gasteiger partial charge in [-0.2, -0.15) is 0 Å². The topological polar surface area (TPSA) is 55.3 Å².